The van der Waals surface area contributed by atoms with E-state index in [-0.39, 0.29) is 18.5 Å². The molecule has 3 rings (SSSR count). The lowest BCUT2D eigenvalue weighted by Gasteiger charge is -2.33. The number of hydrogen-bond donors (Lipinski definition) is 2. The zero-order valence-electron chi connectivity index (χ0n) is 16.1. The minimum atomic E-state index is -0.193. The number of benzene rings is 1. The van der Waals surface area contributed by atoms with Crippen molar-refractivity contribution in [1.82, 2.24) is 15.1 Å². The summed E-state index contributed by atoms with van der Waals surface area (Å²) >= 11 is 0. The summed E-state index contributed by atoms with van der Waals surface area (Å²) in [6, 6.07) is 6.78. The van der Waals surface area contributed by atoms with Crippen LogP contribution in [0.5, 0.6) is 0 Å². The van der Waals surface area contributed by atoms with E-state index in [4.69, 9.17) is 0 Å². The fourth-order valence-corrected chi connectivity index (χ4v) is 4.23. The van der Waals surface area contributed by atoms with Crippen LogP contribution in [0.25, 0.3) is 0 Å². The number of urea groups is 1. The number of nitrogens with one attached hydrogen (secondary N) is 1. The van der Waals surface area contributed by atoms with Crippen LogP contribution in [0.15, 0.2) is 24.3 Å². The van der Waals surface area contributed by atoms with E-state index >= 15 is 0 Å². The molecule has 2 fully saturated rings. The van der Waals surface area contributed by atoms with Gasteiger partial charge in [0, 0.05) is 39.3 Å². The highest BCUT2D eigenvalue weighted by Gasteiger charge is 2.23. The van der Waals surface area contributed by atoms with Crippen LogP contribution in [-0.4, -0.2) is 66.8 Å². The lowest BCUT2D eigenvalue weighted by molar-refractivity contribution is 0.120. The van der Waals surface area contributed by atoms with Crippen LogP contribution < -0.4 is 5.32 Å². The molecule has 0 bridgehead atoms. The van der Waals surface area contributed by atoms with E-state index in [0.29, 0.717) is 18.4 Å². The first-order valence-electron chi connectivity index (χ1n) is 10.2. The largest absolute Gasteiger partial charge is 0.396 e. The third-order valence-electron chi connectivity index (χ3n) is 5.90. The second-order valence-corrected chi connectivity index (χ2v) is 7.98. The molecule has 0 radical (unpaired) electrons. The quantitative estimate of drug-likeness (QED) is 0.801. The third kappa shape index (κ3) is 6.18. The molecular weight excluding hydrogens is 345 g/mol. The van der Waals surface area contributed by atoms with E-state index in [2.05, 4.69) is 10.2 Å². The van der Waals surface area contributed by atoms with Gasteiger partial charge in [0.1, 0.15) is 5.82 Å². The van der Waals surface area contributed by atoms with Gasteiger partial charge < -0.3 is 20.2 Å². The number of amides is 2. The fourth-order valence-electron chi connectivity index (χ4n) is 4.23. The van der Waals surface area contributed by atoms with Crippen molar-refractivity contribution in [3.63, 3.8) is 0 Å². The average molecular weight is 378 g/mol. The first kappa shape index (κ1) is 20.1. The molecule has 150 valence electrons. The smallest absolute Gasteiger partial charge is 0.317 e. The van der Waals surface area contributed by atoms with Crippen LogP contribution in [-0.2, 0) is 6.42 Å². The van der Waals surface area contributed by atoms with Crippen molar-refractivity contribution in [2.75, 3.05) is 45.9 Å². The molecule has 0 aromatic heterocycles. The normalized spacial score (nSPS) is 22.0. The molecule has 2 heterocycles. The molecule has 27 heavy (non-hydrogen) atoms. The van der Waals surface area contributed by atoms with Gasteiger partial charge in [-0.2, -0.15) is 0 Å². The number of aliphatic hydroxyl groups excluding tert-OH is 1. The van der Waals surface area contributed by atoms with Crippen LogP contribution in [0.3, 0.4) is 0 Å². The van der Waals surface area contributed by atoms with Crippen molar-refractivity contribution in [2.24, 2.45) is 11.8 Å². The number of piperidine rings is 2. The van der Waals surface area contributed by atoms with Crippen LogP contribution in [0, 0.1) is 17.7 Å². The summed E-state index contributed by atoms with van der Waals surface area (Å²) in [5, 5.41) is 12.3. The van der Waals surface area contributed by atoms with Gasteiger partial charge in [-0.15, -0.1) is 0 Å². The van der Waals surface area contributed by atoms with Gasteiger partial charge >= 0.3 is 6.03 Å². The molecule has 2 aliphatic heterocycles. The summed E-state index contributed by atoms with van der Waals surface area (Å²) < 4.78 is 13.0. The number of nitrogens with zero attached hydrogens (tertiary/aromatic N) is 2. The van der Waals surface area contributed by atoms with Crippen molar-refractivity contribution in [1.29, 1.82) is 0 Å². The van der Waals surface area contributed by atoms with E-state index in [0.717, 1.165) is 64.8 Å². The minimum absolute atomic E-state index is 0.0333. The monoisotopic (exact) mass is 377 g/mol. The standard InChI is InChI=1S/C21H32FN3O2/c22-20-5-3-17(4-6-20)14-18-7-11-25(12-8-18)21(27)23-9-13-24-10-1-2-19(15-24)16-26/h3-6,18-19,26H,1-2,7-16H2,(H,23,27)/t19-/m1/s1. The summed E-state index contributed by atoms with van der Waals surface area (Å²) in [4.78, 5) is 16.6. The van der Waals surface area contributed by atoms with Crippen LogP contribution in [0.1, 0.15) is 31.2 Å². The van der Waals surface area contributed by atoms with Gasteiger partial charge in [-0.05, 0) is 68.2 Å². The van der Waals surface area contributed by atoms with Gasteiger partial charge in [0.25, 0.3) is 0 Å². The van der Waals surface area contributed by atoms with Gasteiger partial charge in [0.2, 0.25) is 0 Å². The van der Waals surface area contributed by atoms with Crippen LogP contribution in [0.2, 0.25) is 0 Å². The molecule has 5 nitrogen and oxygen atoms in total. The lowest BCUT2D eigenvalue weighted by Crippen LogP contribution is -2.47. The molecule has 2 aliphatic rings. The number of carbonyl (C=O) groups is 1. The van der Waals surface area contributed by atoms with Gasteiger partial charge in [-0.1, -0.05) is 12.1 Å². The zero-order valence-corrected chi connectivity index (χ0v) is 16.1. The predicted molar refractivity (Wildman–Crippen MR) is 104 cm³/mol. The molecule has 6 heteroatoms. The Morgan fingerprint density at radius 3 is 2.56 bits per heavy atom. The Morgan fingerprint density at radius 1 is 1.11 bits per heavy atom. The van der Waals surface area contributed by atoms with Crippen molar-refractivity contribution in [3.8, 4) is 0 Å². The Kier molecular flexibility index (Phi) is 7.47. The number of rotatable bonds is 6. The van der Waals surface area contributed by atoms with Gasteiger partial charge in [-0.25, -0.2) is 9.18 Å². The number of hydrogen-bond acceptors (Lipinski definition) is 3. The maximum atomic E-state index is 13.0. The average Bonchev–Trinajstić information content (AvgIpc) is 2.70. The Hall–Kier alpha value is -1.66. The van der Waals surface area contributed by atoms with Crippen LogP contribution >= 0.6 is 0 Å². The molecule has 0 unspecified atom stereocenters. The molecular formula is C21H32FN3O2. The van der Waals surface area contributed by atoms with Crippen molar-refractivity contribution in [3.05, 3.63) is 35.6 Å². The second-order valence-electron chi connectivity index (χ2n) is 7.98. The van der Waals surface area contributed by atoms with Gasteiger partial charge in [0.05, 0.1) is 0 Å². The highest BCUT2D eigenvalue weighted by atomic mass is 19.1. The first-order chi connectivity index (χ1) is 13.1. The first-order valence-corrected chi connectivity index (χ1v) is 10.2. The summed E-state index contributed by atoms with van der Waals surface area (Å²) in [6.07, 6.45) is 5.17. The Bertz CT molecular complexity index is 588. The summed E-state index contributed by atoms with van der Waals surface area (Å²) in [5.41, 5.74) is 1.17. The van der Waals surface area contributed by atoms with Crippen molar-refractivity contribution in [2.45, 2.75) is 32.1 Å². The number of carbonyl (C=O) groups excluding carboxylic acids is 1. The molecule has 1 aromatic rings. The number of aliphatic hydroxyl groups is 1. The topological polar surface area (TPSA) is 55.8 Å². The fraction of sp³-hybridized carbons (Fsp3) is 0.667. The highest BCUT2D eigenvalue weighted by Crippen LogP contribution is 2.22. The van der Waals surface area contributed by atoms with Gasteiger partial charge in [-0.3, -0.25) is 0 Å². The molecule has 0 spiro atoms. The van der Waals surface area contributed by atoms with Crippen molar-refractivity contribution >= 4 is 6.03 Å². The molecule has 2 saturated heterocycles. The second kappa shape index (κ2) is 10.0. The maximum Gasteiger partial charge on any atom is 0.317 e. The molecule has 0 saturated carbocycles. The Morgan fingerprint density at radius 2 is 1.85 bits per heavy atom. The van der Waals surface area contributed by atoms with E-state index < -0.39 is 0 Å². The molecule has 1 aromatic carbocycles. The summed E-state index contributed by atoms with van der Waals surface area (Å²) in [7, 11) is 0. The zero-order chi connectivity index (χ0) is 19.1. The molecule has 2 N–H and O–H groups in total. The number of halogens is 1. The van der Waals surface area contributed by atoms with Crippen molar-refractivity contribution < 1.29 is 14.3 Å². The van der Waals surface area contributed by atoms with E-state index in [1.807, 2.05) is 17.0 Å². The Labute approximate surface area is 161 Å². The highest BCUT2D eigenvalue weighted by molar-refractivity contribution is 5.74. The van der Waals surface area contributed by atoms with E-state index in [1.165, 1.54) is 17.7 Å². The maximum absolute atomic E-state index is 13.0. The molecule has 0 aliphatic carbocycles. The summed E-state index contributed by atoms with van der Waals surface area (Å²) in [6.45, 7) is 5.33. The third-order valence-corrected chi connectivity index (χ3v) is 5.90. The summed E-state index contributed by atoms with van der Waals surface area (Å²) in [5.74, 6) is 0.750. The number of likely N-dealkylation sites (tertiary alicyclic amines) is 2. The predicted octanol–water partition coefficient (Wildman–Crippen LogP) is 2.49. The molecule has 2 amide bonds. The Balaban J connectivity index is 1.33. The SMILES string of the molecule is O=C(NCCN1CCC[C@@H](CO)C1)N1CCC(Cc2ccc(F)cc2)CC1. The minimum Gasteiger partial charge on any atom is -0.396 e. The van der Waals surface area contributed by atoms with E-state index in [1.54, 1.807) is 0 Å². The van der Waals surface area contributed by atoms with Gasteiger partial charge in [0.15, 0.2) is 0 Å². The lowest BCUT2D eigenvalue weighted by atomic mass is 9.90. The van der Waals surface area contributed by atoms with Crippen LogP contribution in [0.4, 0.5) is 9.18 Å². The molecule has 1 atom stereocenters. The van der Waals surface area contributed by atoms with E-state index in [9.17, 15) is 14.3 Å².